The molecule has 0 radical (unpaired) electrons. The number of hydrogen-bond acceptors (Lipinski definition) is 5. The number of hydrogen-bond donors (Lipinski definition) is 1. The molecule has 1 rings (SSSR count). The lowest BCUT2D eigenvalue weighted by Crippen LogP contribution is -2.34. The van der Waals surface area contributed by atoms with E-state index in [0.717, 1.165) is 6.26 Å². The molecule has 6 nitrogen and oxygen atoms in total. The van der Waals surface area contributed by atoms with E-state index in [1.54, 1.807) is 0 Å². The maximum atomic E-state index is 12.5. The highest BCUT2D eigenvalue weighted by Crippen LogP contribution is 2.19. The van der Waals surface area contributed by atoms with Crippen LogP contribution in [0, 0.1) is 5.92 Å². The number of nitrogens with zero attached hydrogens (tertiary/aromatic N) is 1. The van der Waals surface area contributed by atoms with E-state index in [-0.39, 0.29) is 28.3 Å². The molecule has 0 aromatic heterocycles. The lowest BCUT2D eigenvalue weighted by atomic mass is 10.0. The molecule has 1 atom stereocenters. The van der Waals surface area contributed by atoms with Gasteiger partial charge in [0.05, 0.1) is 9.79 Å². The summed E-state index contributed by atoms with van der Waals surface area (Å²) in [6.45, 7) is 4.24. The van der Waals surface area contributed by atoms with Crippen molar-refractivity contribution in [3.63, 3.8) is 0 Å². The second-order valence-corrected chi connectivity index (χ2v) is 9.83. The van der Waals surface area contributed by atoms with Crippen molar-refractivity contribution in [2.24, 2.45) is 11.7 Å². The van der Waals surface area contributed by atoms with Crippen LogP contribution in [0.3, 0.4) is 0 Å². The van der Waals surface area contributed by atoms with Gasteiger partial charge in [-0.3, -0.25) is 0 Å². The Kier molecular flexibility index (Phi) is 6.14. The summed E-state index contributed by atoms with van der Waals surface area (Å²) in [4.78, 5) is -0.0445. The Balaban J connectivity index is 2.99. The molecule has 0 aliphatic carbocycles. The largest absolute Gasteiger partial charge is 0.327 e. The molecular formula is C14H24N2O4S2. The Morgan fingerprint density at radius 1 is 1.14 bits per heavy atom. The van der Waals surface area contributed by atoms with E-state index >= 15 is 0 Å². The minimum Gasteiger partial charge on any atom is -0.327 e. The van der Waals surface area contributed by atoms with Gasteiger partial charge < -0.3 is 5.73 Å². The zero-order chi connectivity index (χ0) is 17.1. The first-order valence-electron chi connectivity index (χ1n) is 6.98. The SMILES string of the molecule is CC(C)C(N)CCN(C)S(=O)(=O)c1cccc(S(C)(=O)=O)c1. The lowest BCUT2D eigenvalue weighted by Gasteiger charge is -2.21. The number of sulfonamides is 1. The second kappa shape index (κ2) is 7.08. The molecule has 22 heavy (non-hydrogen) atoms. The summed E-state index contributed by atoms with van der Waals surface area (Å²) < 4.78 is 49.3. The van der Waals surface area contributed by atoms with Crippen LogP contribution in [0.4, 0.5) is 0 Å². The third kappa shape index (κ3) is 4.77. The van der Waals surface area contributed by atoms with Crippen molar-refractivity contribution in [1.82, 2.24) is 4.31 Å². The van der Waals surface area contributed by atoms with E-state index in [2.05, 4.69) is 0 Å². The van der Waals surface area contributed by atoms with Gasteiger partial charge >= 0.3 is 0 Å². The third-order valence-corrected chi connectivity index (χ3v) is 6.54. The molecule has 0 amide bonds. The smallest absolute Gasteiger partial charge is 0.242 e. The van der Waals surface area contributed by atoms with Crippen LogP contribution in [0.5, 0.6) is 0 Å². The molecule has 126 valence electrons. The standard InChI is InChI=1S/C14H24N2O4S2/c1-11(2)14(15)8-9-16(3)22(19,20)13-7-5-6-12(10-13)21(4,17)18/h5-7,10-11,14H,8-9,15H2,1-4H3. The average Bonchev–Trinajstić information content (AvgIpc) is 2.43. The quantitative estimate of drug-likeness (QED) is 0.795. The molecule has 0 bridgehead atoms. The topological polar surface area (TPSA) is 97.5 Å². The molecule has 0 saturated heterocycles. The molecule has 1 unspecified atom stereocenters. The van der Waals surface area contributed by atoms with Crippen LogP contribution < -0.4 is 5.73 Å². The number of rotatable bonds is 7. The lowest BCUT2D eigenvalue weighted by molar-refractivity contribution is 0.397. The third-order valence-electron chi connectivity index (χ3n) is 3.58. The van der Waals surface area contributed by atoms with E-state index in [1.165, 1.54) is 35.6 Å². The Bertz CT molecular complexity index is 712. The second-order valence-electron chi connectivity index (χ2n) is 5.77. The minimum absolute atomic E-state index is 0.0131. The summed E-state index contributed by atoms with van der Waals surface area (Å²) in [5.41, 5.74) is 5.93. The van der Waals surface area contributed by atoms with Crippen molar-refractivity contribution < 1.29 is 16.8 Å². The highest BCUT2D eigenvalue weighted by molar-refractivity contribution is 7.91. The van der Waals surface area contributed by atoms with Crippen molar-refractivity contribution in [2.75, 3.05) is 19.8 Å². The van der Waals surface area contributed by atoms with E-state index in [9.17, 15) is 16.8 Å². The highest BCUT2D eigenvalue weighted by Gasteiger charge is 2.23. The van der Waals surface area contributed by atoms with Crippen molar-refractivity contribution in [3.8, 4) is 0 Å². The fraction of sp³-hybridized carbons (Fsp3) is 0.571. The van der Waals surface area contributed by atoms with Crippen molar-refractivity contribution >= 4 is 19.9 Å². The average molecular weight is 348 g/mol. The van der Waals surface area contributed by atoms with Crippen LogP contribution >= 0.6 is 0 Å². The van der Waals surface area contributed by atoms with E-state index in [4.69, 9.17) is 5.73 Å². The number of nitrogens with two attached hydrogens (primary N) is 1. The molecule has 0 spiro atoms. The predicted molar refractivity (Wildman–Crippen MR) is 86.8 cm³/mol. The molecule has 1 aromatic rings. The van der Waals surface area contributed by atoms with Crippen LogP contribution in [-0.4, -0.2) is 47.0 Å². The number of sulfone groups is 1. The Labute approximate surface area is 133 Å². The van der Waals surface area contributed by atoms with Gasteiger partial charge in [0.15, 0.2) is 9.84 Å². The maximum Gasteiger partial charge on any atom is 0.242 e. The van der Waals surface area contributed by atoms with Gasteiger partial charge in [0.25, 0.3) is 0 Å². The molecule has 0 fully saturated rings. The summed E-state index contributed by atoms with van der Waals surface area (Å²) >= 11 is 0. The van der Waals surface area contributed by atoms with Gasteiger partial charge in [0.1, 0.15) is 0 Å². The molecule has 0 aliphatic heterocycles. The summed E-state index contributed by atoms with van der Waals surface area (Å²) in [6.07, 6.45) is 1.59. The predicted octanol–water partition coefficient (Wildman–Crippen LogP) is 1.08. The molecular weight excluding hydrogens is 324 g/mol. The van der Waals surface area contributed by atoms with Gasteiger partial charge in [-0.2, -0.15) is 0 Å². The van der Waals surface area contributed by atoms with Gasteiger partial charge in [-0.15, -0.1) is 0 Å². The van der Waals surface area contributed by atoms with Gasteiger partial charge in [0, 0.05) is 25.9 Å². The summed E-state index contributed by atoms with van der Waals surface area (Å²) in [5.74, 6) is 0.268. The minimum atomic E-state index is -3.73. The normalized spacial score (nSPS) is 14.5. The Morgan fingerprint density at radius 3 is 2.18 bits per heavy atom. The van der Waals surface area contributed by atoms with Crippen LogP contribution in [0.25, 0.3) is 0 Å². The van der Waals surface area contributed by atoms with Crippen LogP contribution in [-0.2, 0) is 19.9 Å². The molecule has 0 heterocycles. The Morgan fingerprint density at radius 2 is 1.68 bits per heavy atom. The molecule has 0 aliphatic rings. The fourth-order valence-corrected chi connectivity index (χ4v) is 3.80. The summed E-state index contributed by atoms with van der Waals surface area (Å²) in [5, 5.41) is 0. The van der Waals surface area contributed by atoms with Crippen LogP contribution in [0.15, 0.2) is 34.1 Å². The van der Waals surface area contributed by atoms with E-state index in [0.29, 0.717) is 6.42 Å². The Hall–Kier alpha value is -0.960. The molecule has 1 aromatic carbocycles. The molecule has 0 saturated carbocycles. The highest BCUT2D eigenvalue weighted by atomic mass is 32.2. The van der Waals surface area contributed by atoms with E-state index < -0.39 is 19.9 Å². The summed E-state index contributed by atoms with van der Waals surface area (Å²) in [6, 6.07) is 5.30. The zero-order valence-electron chi connectivity index (χ0n) is 13.4. The van der Waals surface area contributed by atoms with Gasteiger partial charge in [-0.25, -0.2) is 21.1 Å². The first-order chi connectivity index (χ1) is 9.96. The van der Waals surface area contributed by atoms with E-state index in [1.807, 2.05) is 13.8 Å². The van der Waals surface area contributed by atoms with Crippen molar-refractivity contribution in [3.05, 3.63) is 24.3 Å². The zero-order valence-corrected chi connectivity index (χ0v) is 15.0. The summed E-state index contributed by atoms with van der Waals surface area (Å²) in [7, 11) is -5.71. The first-order valence-corrected chi connectivity index (χ1v) is 10.3. The van der Waals surface area contributed by atoms with Gasteiger partial charge in [0.2, 0.25) is 10.0 Å². The van der Waals surface area contributed by atoms with Gasteiger partial charge in [-0.05, 0) is 30.5 Å². The van der Waals surface area contributed by atoms with Crippen molar-refractivity contribution in [1.29, 1.82) is 0 Å². The van der Waals surface area contributed by atoms with Crippen molar-refractivity contribution in [2.45, 2.75) is 36.1 Å². The molecule has 8 heteroatoms. The number of benzene rings is 1. The first kappa shape index (κ1) is 19.1. The maximum absolute atomic E-state index is 12.5. The van der Waals surface area contributed by atoms with Crippen LogP contribution in [0.2, 0.25) is 0 Å². The monoisotopic (exact) mass is 348 g/mol. The fourth-order valence-electron chi connectivity index (χ4n) is 1.83. The van der Waals surface area contributed by atoms with Crippen LogP contribution in [0.1, 0.15) is 20.3 Å². The molecule has 2 N–H and O–H groups in total. The van der Waals surface area contributed by atoms with Gasteiger partial charge in [-0.1, -0.05) is 19.9 Å².